The summed E-state index contributed by atoms with van der Waals surface area (Å²) in [5.74, 6) is -0.344. The fourth-order valence-corrected chi connectivity index (χ4v) is 3.26. The second kappa shape index (κ2) is 5.62. The number of hydrogen-bond acceptors (Lipinski definition) is 4. The van der Waals surface area contributed by atoms with Crippen LogP contribution in [0.2, 0.25) is 0 Å². The molecule has 0 fully saturated rings. The lowest BCUT2D eigenvalue weighted by Crippen LogP contribution is -2.09. The fourth-order valence-electron chi connectivity index (χ4n) is 1.47. The normalized spacial score (nSPS) is 17.6. The van der Waals surface area contributed by atoms with Crippen molar-refractivity contribution in [2.24, 2.45) is 5.73 Å². The Kier molecular flexibility index (Phi) is 4.71. The van der Waals surface area contributed by atoms with E-state index in [1.165, 1.54) is 6.08 Å². The number of rotatable bonds is 5. The summed E-state index contributed by atoms with van der Waals surface area (Å²) in [6.45, 7) is 3.85. The standard InChI is InChI=1S/C10H17FNO3P/c1-3-14-16(13,15-4-2)10-7-8(11)5-6-9(10)12/h7H,3-6,12H2,1-2H3. The van der Waals surface area contributed by atoms with Crippen molar-refractivity contribution in [3.8, 4) is 0 Å². The van der Waals surface area contributed by atoms with Crippen molar-refractivity contribution in [2.45, 2.75) is 26.7 Å². The second-order valence-corrected chi connectivity index (χ2v) is 5.33. The molecule has 0 bridgehead atoms. The summed E-state index contributed by atoms with van der Waals surface area (Å²) >= 11 is 0. The van der Waals surface area contributed by atoms with E-state index in [2.05, 4.69) is 0 Å². The lowest BCUT2D eigenvalue weighted by atomic mass is 10.1. The largest absolute Gasteiger partial charge is 0.401 e. The van der Waals surface area contributed by atoms with Gasteiger partial charge in [0.25, 0.3) is 0 Å². The Morgan fingerprint density at radius 3 is 2.44 bits per heavy atom. The summed E-state index contributed by atoms with van der Waals surface area (Å²) in [5, 5.41) is 0.167. The highest BCUT2D eigenvalue weighted by Crippen LogP contribution is 2.58. The summed E-state index contributed by atoms with van der Waals surface area (Å²) in [6, 6.07) is 0. The SMILES string of the molecule is CCOP(=O)(OCC)C1=C(N)CCC(F)=C1. The second-order valence-electron chi connectivity index (χ2n) is 3.33. The molecule has 6 heteroatoms. The van der Waals surface area contributed by atoms with Crippen LogP contribution in [0.4, 0.5) is 4.39 Å². The number of nitrogens with two attached hydrogens (primary N) is 1. The zero-order chi connectivity index (χ0) is 12.2. The lowest BCUT2D eigenvalue weighted by Gasteiger charge is -2.22. The van der Waals surface area contributed by atoms with Gasteiger partial charge in [-0.3, -0.25) is 4.57 Å². The van der Waals surface area contributed by atoms with Crippen molar-refractivity contribution >= 4 is 7.60 Å². The van der Waals surface area contributed by atoms with Crippen LogP contribution in [-0.4, -0.2) is 13.2 Å². The van der Waals surface area contributed by atoms with Crippen LogP contribution >= 0.6 is 7.60 Å². The zero-order valence-electron chi connectivity index (χ0n) is 9.53. The maximum Gasteiger partial charge on any atom is 0.363 e. The van der Waals surface area contributed by atoms with E-state index in [0.29, 0.717) is 12.1 Å². The topological polar surface area (TPSA) is 61.5 Å². The van der Waals surface area contributed by atoms with Gasteiger partial charge in [-0.15, -0.1) is 0 Å². The molecule has 16 heavy (non-hydrogen) atoms. The van der Waals surface area contributed by atoms with Crippen LogP contribution in [-0.2, 0) is 13.6 Å². The van der Waals surface area contributed by atoms with Crippen LogP contribution in [0.25, 0.3) is 0 Å². The Hall–Kier alpha value is -0.640. The minimum Gasteiger partial charge on any atom is -0.401 e. The van der Waals surface area contributed by atoms with Gasteiger partial charge in [0, 0.05) is 12.1 Å². The van der Waals surface area contributed by atoms with Gasteiger partial charge in [-0.05, 0) is 26.3 Å². The summed E-state index contributed by atoms with van der Waals surface area (Å²) in [5.41, 5.74) is 6.11. The molecule has 1 aliphatic rings. The van der Waals surface area contributed by atoms with Crippen LogP contribution in [0.15, 0.2) is 22.9 Å². The maximum atomic E-state index is 13.2. The molecule has 1 aliphatic carbocycles. The average Bonchev–Trinajstić information content (AvgIpc) is 2.22. The molecule has 0 saturated heterocycles. The summed E-state index contributed by atoms with van der Waals surface area (Å²) in [4.78, 5) is 0. The molecule has 2 N–H and O–H groups in total. The highest BCUT2D eigenvalue weighted by Gasteiger charge is 2.32. The van der Waals surface area contributed by atoms with Crippen LogP contribution in [0.3, 0.4) is 0 Å². The van der Waals surface area contributed by atoms with Crippen molar-refractivity contribution in [1.29, 1.82) is 0 Å². The van der Waals surface area contributed by atoms with Gasteiger partial charge in [-0.1, -0.05) is 0 Å². The van der Waals surface area contributed by atoms with Crippen molar-refractivity contribution < 1.29 is 18.0 Å². The van der Waals surface area contributed by atoms with E-state index in [1.54, 1.807) is 13.8 Å². The first-order valence-electron chi connectivity index (χ1n) is 5.28. The highest BCUT2D eigenvalue weighted by atomic mass is 31.2. The van der Waals surface area contributed by atoms with Crippen LogP contribution in [0, 0.1) is 0 Å². The molecule has 0 aromatic rings. The molecule has 4 nitrogen and oxygen atoms in total. The van der Waals surface area contributed by atoms with Gasteiger partial charge >= 0.3 is 7.60 Å². The maximum absolute atomic E-state index is 13.2. The minimum absolute atomic E-state index is 0.167. The minimum atomic E-state index is -3.45. The van der Waals surface area contributed by atoms with Gasteiger partial charge in [0.2, 0.25) is 0 Å². The predicted octanol–water partition coefficient (Wildman–Crippen LogP) is 3.07. The van der Waals surface area contributed by atoms with E-state index in [1.807, 2.05) is 0 Å². The van der Waals surface area contributed by atoms with E-state index < -0.39 is 7.60 Å². The van der Waals surface area contributed by atoms with Crippen molar-refractivity contribution in [2.75, 3.05) is 13.2 Å². The molecule has 0 atom stereocenters. The van der Waals surface area contributed by atoms with Crippen molar-refractivity contribution in [3.05, 3.63) is 22.9 Å². The number of hydrogen-bond donors (Lipinski definition) is 1. The van der Waals surface area contributed by atoms with Gasteiger partial charge < -0.3 is 14.8 Å². The van der Waals surface area contributed by atoms with E-state index in [4.69, 9.17) is 14.8 Å². The molecule has 0 heterocycles. The number of allylic oxidation sites excluding steroid dienone is 4. The predicted molar refractivity (Wildman–Crippen MR) is 60.5 cm³/mol. The molecule has 0 unspecified atom stereocenters. The Labute approximate surface area is 94.8 Å². The van der Waals surface area contributed by atoms with Crippen molar-refractivity contribution in [3.63, 3.8) is 0 Å². The highest BCUT2D eigenvalue weighted by molar-refractivity contribution is 7.58. The van der Waals surface area contributed by atoms with Gasteiger partial charge in [0.15, 0.2) is 0 Å². The van der Waals surface area contributed by atoms with Gasteiger partial charge in [0.1, 0.15) is 5.83 Å². The zero-order valence-corrected chi connectivity index (χ0v) is 10.4. The Morgan fingerprint density at radius 2 is 1.94 bits per heavy atom. The van der Waals surface area contributed by atoms with Gasteiger partial charge in [-0.2, -0.15) is 0 Å². The first-order chi connectivity index (χ1) is 7.53. The third kappa shape index (κ3) is 2.94. The monoisotopic (exact) mass is 249 g/mol. The molecule has 0 radical (unpaired) electrons. The van der Waals surface area contributed by atoms with Crippen molar-refractivity contribution in [1.82, 2.24) is 0 Å². The first-order valence-corrected chi connectivity index (χ1v) is 6.82. The summed E-state index contributed by atoms with van der Waals surface area (Å²) in [7, 11) is -3.45. The van der Waals surface area contributed by atoms with Crippen LogP contribution in [0.1, 0.15) is 26.7 Å². The Bertz CT molecular complexity index is 355. The molecule has 1 rings (SSSR count). The Balaban J connectivity index is 3.07. The first kappa shape index (κ1) is 13.4. The molecule has 92 valence electrons. The number of halogens is 1. The lowest BCUT2D eigenvalue weighted by molar-refractivity contribution is 0.226. The molecule has 0 aliphatic heterocycles. The summed E-state index contributed by atoms with van der Waals surface area (Å²) < 4.78 is 35.7. The van der Waals surface area contributed by atoms with E-state index in [-0.39, 0.29) is 30.8 Å². The quantitative estimate of drug-likeness (QED) is 0.760. The molecule has 0 aromatic heterocycles. The third-order valence-electron chi connectivity index (χ3n) is 2.15. The fraction of sp³-hybridized carbons (Fsp3) is 0.600. The molecule has 0 saturated carbocycles. The van der Waals surface area contributed by atoms with Gasteiger partial charge in [-0.25, -0.2) is 4.39 Å². The average molecular weight is 249 g/mol. The molecule has 0 aromatic carbocycles. The molecular formula is C10H17FNO3P. The molecule has 0 amide bonds. The molecular weight excluding hydrogens is 232 g/mol. The smallest absolute Gasteiger partial charge is 0.363 e. The van der Waals surface area contributed by atoms with Crippen LogP contribution in [0.5, 0.6) is 0 Å². The van der Waals surface area contributed by atoms with E-state index in [0.717, 1.165) is 0 Å². The van der Waals surface area contributed by atoms with E-state index in [9.17, 15) is 8.96 Å². The van der Waals surface area contributed by atoms with Crippen LogP contribution < -0.4 is 5.73 Å². The van der Waals surface area contributed by atoms with E-state index >= 15 is 0 Å². The third-order valence-corrected chi connectivity index (χ3v) is 4.35. The summed E-state index contributed by atoms with van der Waals surface area (Å²) in [6.07, 6.45) is 1.76. The molecule has 0 spiro atoms. The van der Waals surface area contributed by atoms with Gasteiger partial charge in [0.05, 0.1) is 18.5 Å². The Morgan fingerprint density at radius 1 is 1.38 bits per heavy atom.